The normalized spacial score (nSPS) is 10.9. The number of rotatable bonds is 3. The van der Waals surface area contributed by atoms with E-state index in [1.807, 2.05) is 66.2 Å². The zero-order valence-corrected chi connectivity index (χ0v) is 11.9. The van der Waals surface area contributed by atoms with Crippen LogP contribution < -0.4 is 0 Å². The molecule has 1 aromatic heterocycles. The number of halogens is 1. The van der Waals surface area contributed by atoms with Crippen LogP contribution in [0.15, 0.2) is 54.7 Å². The molecule has 100 valence electrons. The van der Waals surface area contributed by atoms with Crippen molar-refractivity contribution in [2.45, 2.75) is 13.5 Å². The lowest BCUT2D eigenvalue weighted by Crippen LogP contribution is -2.09. The zero-order chi connectivity index (χ0) is 14.1. The maximum Gasteiger partial charge on any atom is 0.182 e. The molecular weight excluding hydrogens is 270 g/mol. The molecule has 3 aromatic rings. The minimum atomic E-state index is 0.0856. The summed E-state index contributed by atoms with van der Waals surface area (Å²) in [6.07, 6.45) is 1.91. The van der Waals surface area contributed by atoms with Gasteiger partial charge >= 0.3 is 0 Å². The third-order valence-corrected chi connectivity index (χ3v) is 3.73. The van der Waals surface area contributed by atoms with E-state index in [9.17, 15) is 4.79 Å². The molecule has 1 heterocycles. The molecule has 3 heteroatoms. The number of hydrogen-bond donors (Lipinski definition) is 0. The van der Waals surface area contributed by atoms with Crippen LogP contribution in [0.2, 0.25) is 5.02 Å². The predicted octanol–water partition coefficient (Wildman–Crippen LogP) is 4.49. The highest BCUT2D eigenvalue weighted by Crippen LogP contribution is 2.24. The van der Waals surface area contributed by atoms with E-state index in [0.29, 0.717) is 11.6 Å². The monoisotopic (exact) mass is 283 g/mol. The summed E-state index contributed by atoms with van der Waals surface area (Å²) >= 11 is 6.22. The van der Waals surface area contributed by atoms with Gasteiger partial charge in [-0.2, -0.15) is 0 Å². The summed E-state index contributed by atoms with van der Waals surface area (Å²) < 4.78 is 1.90. The van der Waals surface area contributed by atoms with E-state index in [-0.39, 0.29) is 5.78 Å². The molecule has 0 saturated carbocycles. The van der Waals surface area contributed by atoms with Gasteiger partial charge in [0, 0.05) is 17.1 Å². The average Bonchev–Trinajstić information content (AvgIpc) is 2.84. The Kier molecular flexibility index (Phi) is 3.33. The Bertz CT molecular complexity index is 771. The third-order valence-electron chi connectivity index (χ3n) is 3.43. The van der Waals surface area contributed by atoms with E-state index in [4.69, 9.17) is 11.6 Å². The number of carbonyl (C=O) groups excluding carboxylic acids is 1. The Hall–Kier alpha value is -2.06. The van der Waals surface area contributed by atoms with Crippen molar-refractivity contribution in [1.82, 2.24) is 4.57 Å². The van der Waals surface area contributed by atoms with Gasteiger partial charge < -0.3 is 4.57 Å². The Labute approximate surface area is 122 Å². The molecule has 0 N–H and O–H groups in total. The van der Waals surface area contributed by atoms with E-state index in [0.717, 1.165) is 22.0 Å². The van der Waals surface area contributed by atoms with Gasteiger partial charge in [-0.15, -0.1) is 0 Å². The molecule has 0 saturated heterocycles. The number of Topliss-reactive ketones (excluding diaryl/α,β-unsaturated/α-hetero) is 1. The predicted molar refractivity (Wildman–Crippen MR) is 82.5 cm³/mol. The second kappa shape index (κ2) is 5.14. The fourth-order valence-electron chi connectivity index (χ4n) is 2.33. The average molecular weight is 284 g/mol. The van der Waals surface area contributed by atoms with Gasteiger partial charge in [0.2, 0.25) is 0 Å². The summed E-state index contributed by atoms with van der Waals surface area (Å²) in [5.74, 6) is 0.0856. The number of fused-ring (bicyclic) bond motifs is 1. The number of carbonyl (C=O) groups is 1. The van der Waals surface area contributed by atoms with Crippen molar-refractivity contribution in [3.8, 4) is 0 Å². The lowest BCUT2D eigenvalue weighted by molar-refractivity contribution is 0.0973. The number of benzene rings is 2. The van der Waals surface area contributed by atoms with Crippen LogP contribution in [0.4, 0.5) is 0 Å². The summed E-state index contributed by atoms with van der Waals surface area (Å²) in [6, 6.07) is 15.4. The molecule has 2 nitrogen and oxygen atoms in total. The number of hydrogen-bond acceptors (Lipinski definition) is 1. The molecule has 0 amide bonds. The quantitative estimate of drug-likeness (QED) is 0.649. The van der Waals surface area contributed by atoms with E-state index < -0.39 is 0 Å². The van der Waals surface area contributed by atoms with E-state index in [1.165, 1.54) is 0 Å². The van der Waals surface area contributed by atoms with Crippen LogP contribution in [0, 0.1) is 6.92 Å². The van der Waals surface area contributed by atoms with Gasteiger partial charge in [-0.25, -0.2) is 0 Å². The van der Waals surface area contributed by atoms with Crippen LogP contribution >= 0.6 is 11.6 Å². The van der Waals surface area contributed by atoms with Crippen molar-refractivity contribution in [3.63, 3.8) is 0 Å². The van der Waals surface area contributed by atoms with Gasteiger partial charge in [-0.05, 0) is 19.1 Å². The van der Waals surface area contributed by atoms with Crippen LogP contribution in [0.25, 0.3) is 10.9 Å². The van der Waals surface area contributed by atoms with Crippen LogP contribution in [-0.2, 0) is 6.54 Å². The topological polar surface area (TPSA) is 22.0 Å². The van der Waals surface area contributed by atoms with E-state index in [2.05, 4.69) is 0 Å². The lowest BCUT2D eigenvalue weighted by atomic mass is 10.1. The molecule has 3 rings (SSSR count). The van der Waals surface area contributed by atoms with Gasteiger partial charge in [0.05, 0.1) is 17.1 Å². The number of ketones is 1. The number of aromatic nitrogens is 1. The highest BCUT2D eigenvalue weighted by atomic mass is 35.5. The van der Waals surface area contributed by atoms with Crippen LogP contribution in [-0.4, -0.2) is 10.4 Å². The number of para-hydroxylation sites is 1. The molecule has 0 aliphatic carbocycles. The van der Waals surface area contributed by atoms with Crippen molar-refractivity contribution in [2.24, 2.45) is 0 Å². The molecule has 0 spiro atoms. The molecule has 0 radical (unpaired) electrons. The summed E-state index contributed by atoms with van der Waals surface area (Å²) in [6.45, 7) is 2.31. The largest absolute Gasteiger partial charge is 0.338 e. The van der Waals surface area contributed by atoms with E-state index >= 15 is 0 Å². The van der Waals surface area contributed by atoms with Crippen LogP contribution in [0.5, 0.6) is 0 Å². The summed E-state index contributed by atoms with van der Waals surface area (Å²) in [4.78, 5) is 12.3. The van der Waals surface area contributed by atoms with Gasteiger partial charge in [-0.3, -0.25) is 4.79 Å². The van der Waals surface area contributed by atoms with Crippen molar-refractivity contribution in [2.75, 3.05) is 0 Å². The zero-order valence-electron chi connectivity index (χ0n) is 11.1. The molecule has 0 aliphatic rings. The Morgan fingerprint density at radius 3 is 2.60 bits per heavy atom. The molecule has 0 bridgehead atoms. The fourth-order valence-corrected chi connectivity index (χ4v) is 2.62. The van der Waals surface area contributed by atoms with Crippen LogP contribution in [0.3, 0.4) is 0 Å². The number of aryl methyl sites for hydroxylation is 1. The molecule has 0 unspecified atom stereocenters. The molecule has 0 aliphatic heterocycles. The first kappa shape index (κ1) is 12.9. The molecule has 2 aromatic carbocycles. The SMILES string of the molecule is Cc1ccc(C(=O)Cn2ccc3cccc(Cl)c32)cc1. The highest BCUT2D eigenvalue weighted by Gasteiger charge is 2.10. The smallest absolute Gasteiger partial charge is 0.182 e. The first-order chi connectivity index (χ1) is 9.65. The Balaban J connectivity index is 1.93. The number of nitrogens with zero attached hydrogens (tertiary/aromatic N) is 1. The minimum absolute atomic E-state index is 0.0856. The molecule has 0 fully saturated rings. The van der Waals surface area contributed by atoms with Gasteiger partial charge in [0.25, 0.3) is 0 Å². The third kappa shape index (κ3) is 2.35. The Morgan fingerprint density at radius 2 is 1.85 bits per heavy atom. The molecular formula is C17H14ClNO. The highest BCUT2D eigenvalue weighted by molar-refractivity contribution is 6.35. The van der Waals surface area contributed by atoms with Crippen LogP contribution in [0.1, 0.15) is 15.9 Å². The van der Waals surface area contributed by atoms with Gasteiger partial charge in [0.15, 0.2) is 5.78 Å². The van der Waals surface area contributed by atoms with Crippen molar-refractivity contribution >= 4 is 28.3 Å². The standard InChI is InChI=1S/C17H14ClNO/c1-12-5-7-13(8-6-12)16(20)11-19-10-9-14-3-2-4-15(18)17(14)19/h2-10H,11H2,1H3. The summed E-state index contributed by atoms with van der Waals surface area (Å²) in [5.41, 5.74) is 2.79. The fraction of sp³-hybridized carbons (Fsp3) is 0.118. The Morgan fingerprint density at radius 1 is 1.10 bits per heavy atom. The van der Waals surface area contributed by atoms with Gasteiger partial charge in [0.1, 0.15) is 0 Å². The second-order valence-corrected chi connectivity index (χ2v) is 5.32. The maximum absolute atomic E-state index is 12.3. The maximum atomic E-state index is 12.3. The molecule has 0 atom stereocenters. The second-order valence-electron chi connectivity index (χ2n) is 4.91. The van der Waals surface area contributed by atoms with Crippen molar-refractivity contribution in [3.05, 3.63) is 70.9 Å². The van der Waals surface area contributed by atoms with Gasteiger partial charge in [-0.1, -0.05) is 53.6 Å². The van der Waals surface area contributed by atoms with Crippen molar-refractivity contribution < 1.29 is 4.79 Å². The lowest BCUT2D eigenvalue weighted by Gasteiger charge is -2.06. The first-order valence-corrected chi connectivity index (χ1v) is 6.86. The summed E-state index contributed by atoms with van der Waals surface area (Å²) in [5, 5.41) is 1.72. The molecule has 20 heavy (non-hydrogen) atoms. The first-order valence-electron chi connectivity index (χ1n) is 6.48. The summed E-state index contributed by atoms with van der Waals surface area (Å²) in [7, 11) is 0. The minimum Gasteiger partial charge on any atom is -0.338 e. The van der Waals surface area contributed by atoms with E-state index in [1.54, 1.807) is 0 Å². The van der Waals surface area contributed by atoms with Crippen molar-refractivity contribution in [1.29, 1.82) is 0 Å².